The highest BCUT2D eigenvalue weighted by atomic mass is 32.2. The second kappa shape index (κ2) is 5.72. The maximum Gasteiger partial charge on any atom is 0.252 e. The van der Waals surface area contributed by atoms with Crippen LogP contribution < -0.4 is 0 Å². The maximum absolute atomic E-state index is 12.4. The van der Waals surface area contributed by atoms with Crippen molar-refractivity contribution in [3.63, 3.8) is 0 Å². The van der Waals surface area contributed by atoms with Crippen molar-refractivity contribution >= 4 is 31.4 Å². The topological polar surface area (TPSA) is 74.8 Å². The molecule has 0 atom stereocenters. The van der Waals surface area contributed by atoms with Gasteiger partial charge in [-0.25, -0.2) is 16.8 Å². The minimum atomic E-state index is -3.49. The predicted octanol–water partition coefficient (Wildman–Crippen LogP) is 0.576. The summed E-state index contributed by atoms with van der Waals surface area (Å²) in [6.07, 6.45) is 1.95. The lowest BCUT2D eigenvalue weighted by Crippen LogP contribution is -2.50. The van der Waals surface area contributed by atoms with Gasteiger partial charge in [-0.05, 0) is 18.6 Å². The fraction of sp³-hybridized carbons (Fsp3) is 0.636. The van der Waals surface area contributed by atoms with Crippen LogP contribution >= 0.6 is 11.3 Å². The Bertz CT molecular complexity index is 670. The van der Waals surface area contributed by atoms with E-state index in [9.17, 15) is 16.8 Å². The number of rotatable bonds is 4. The molecule has 0 aromatic carbocycles. The molecule has 1 saturated heterocycles. The van der Waals surface area contributed by atoms with E-state index in [1.165, 1.54) is 19.9 Å². The second-order valence-corrected chi connectivity index (χ2v) is 9.96. The van der Waals surface area contributed by atoms with Crippen LogP contribution in [0.1, 0.15) is 11.8 Å². The van der Waals surface area contributed by atoms with Crippen molar-refractivity contribution in [3.8, 4) is 0 Å². The first-order valence-electron chi connectivity index (χ1n) is 6.29. The van der Waals surface area contributed by atoms with E-state index in [-0.39, 0.29) is 26.2 Å². The Morgan fingerprint density at radius 2 is 1.60 bits per heavy atom. The highest BCUT2D eigenvalue weighted by Gasteiger charge is 2.32. The molecule has 0 aliphatic carbocycles. The van der Waals surface area contributed by atoms with Crippen LogP contribution in [-0.2, 0) is 26.5 Å². The summed E-state index contributed by atoms with van der Waals surface area (Å²) in [5.74, 6) is 0. The van der Waals surface area contributed by atoms with Gasteiger partial charge in [0.25, 0.3) is 10.0 Å². The lowest BCUT2D eigenvalue weighted by molar-refractivity contribution is 0.274. The third kappa shape index (κ3) is 3.22. The fourth-order valence-electron chi connectivity index (χ4n) is 2.06. The van der Waals surface area contributed by atoms with Crippen molar-refractivity contribution in [2.45, 2.75) is 17.6 Å². The summed E-state index contributed by atoms with van der Waals surface area (Å²) in [6, 6.07) is 3.45. The predicted molar refractivity (Wildman–Crippen MR) is 78.9 cm³/mol. The molecule has 1 aromatic rings. The Hall–Kier alpha value is -0.480. The molecule has 114 valence electrons. The highest BCUT2D eigenvalue weighted by molar-refractivity contribution is 7.91. The van der Waals surface area contributed by atoms with E-state index in [0.29, 0.717) is 4.21 Å². The largest absolute Gasteiger partial charge is 0.252 e. The van der Waals surface area contributed by atoms with E-state index in [1.807, 2.05) is 13.0 Å². The third-order valence-corrected chi connectivity index (χ3v) is 8.15. The summed E-state index contributed by atoms with van der Waals surface area (Å²) < 4.78 is 50.7. The minimum absolute atomic E-state index is 0.203. The zero-order valence-electron chi connectivity index (χ0n) is 11.4. The van der Waals surface area contributed by atoms with Gasteiger partial charge >= 0.3 is 0 Å². The molecule has 2 heterocycles. The molecule has 0 radical (unpaired) electrons. The van der Waals surface area contributed by atoms with Gasteiger partial charge in [-0.15, -0.1) is 11.3 Å². The Labute approximate surface area is 124 Å². The minimum Gasteiger partial charge on any atom is -0.213 e. The van der Waals surface area contributed by atoms with Crippen LogP contribution in [0.4, 0.5) is 0 Å². The molecule has 6 nitrogen and oxygen atoms in total. The molecule has 1 aliphatic heterocycles. The molecular weight excluding hydrogens is 320 g/mol. The van der Waals surface area contributed by atoms with Crippen molar-refractivity contribution in [1.29, 1.82) is 0 Å². The lowest BCUT2D eigenvalue weighted by atomic mass is 10.4. The summed E-state index contributed by atoms with van der Waals surface area (Å²) in [6.45, 7) is 2.81. The summed E-state index contributed by atoms with van der Waals surface area (Å²) in [5, 5.41) is 0. The molecule has 1 aliphatic rings. The zero-order valence-corrected chi connectivity index (χ0v) is 13.9. The van der Waals surface area contributed by atoms with Crippen molar-refractivity contribution in [3.05, 3.63) is 17.0 Å². The molecule has 0 amide bonds. The van der Waals surface area contributed by atoms with Crippen LogP contribution in [0.25, 0.3) is 0 Å². The Kier molecular flexibility index (Phi) is 4.55. The van der Waals surface area contributed by atoms with Crippen molar-refractivity contribution in [2.75, 3.05) is 32.4 Å². The normalized spacial score (nSPS) is 19.3. The van der Waals surface area contributed by atoms with Crippen molar-refractivity contribution < 1.29 is 16.8 Å². The quantitative estimate of drug-likeness (QED) is 0.805. The van der Waals surface area contributed by atoms with Crippen LogP contribution in [0.2, 0.25) is 0 Å². The summed E-state index contributed by atoms with van der Waals surface area (Å²) in [7, 11) is -6.73. The van der Waals surface area contributed by atoms with Gasteiger partial charge in [0.05, 0.1) is 6.26 Å². The molecule has 0 bridgehead atoms. The summed E-state index contributed by atoms with van der Waals surface area (Å²) >= 11 is 1.28. The van der Waals surface area contributed by atoms with Crippen LogP contribution in [0, 0.1) is 0 Å². The van der Waals surface area contributed by atoms with Gasteiger partial charge in [0.2, 0.25) is 10.0 Å². The Balaban J connectivity index is 2.13. The van der Waals surface area contributed by atoms with E-state index in [4.69, 9.17) is 0 Å². The van der Waals surface area contributed by atoms with Gasteiger partial charge in [0.1, 0.15) is 4.21 Å². The van der Waals surface area contributed by atoms with E-state index in [1.54, 1.807) is 6.07 Å². The smallest absolute Gasteiger partial charge is 0.213 e. The summed E-state index contributed by atoms with van der Waals surface area (Å²) in [5.41, 5.74) is 0. The van der Waals surface area contributed by atoms with Crippen LogP contribution in [-0.4, -0.2) is 57.9 Å². The summed E-state index contributed by atoms with van der Waals surface area (Å²) in [4.78, 5) is 1.03. The average Bonchev–Trinajstić information content (AvgIpc) is 2.87. The number of sulfonamides is 2. The SMILES string of the molecule is CCc1ccc(S(=O)(=O)N2CCN(S(C)(=O)=O)CC2)s1. The molecule has 20 heavy (non-hydrogen) atoms. The first-order chi connectivity index (χ1) is 9.25. The fourth-order valence-corrected chi connectivity index (χ4v) is 5.75. The van der Waals surface area contributed by atoms with Crippen molar-refractivity contribution in [1.82, 2.24) is 8.61 Å². The van der Waals surface area contributed by atoms with Crippen LogP contribution in [0.15, 0.2) is 16.3 Å². The highest BCUT2D eigenvalue weighted by Crippen LogP contribution is 2.26. The molecule has 2 rings (SSSR count). The molecule has 1 aromatic heterocycles. The number of piperazine rings is 1. The van der Waals surface area contributed by atoms with Gasteiger partial charge in [-0.3, -0.25) is 0 Å². The molecule has 0 spiro atoms. The lowest BCUT2D eigenvalue weighted by Gasteiger charge is -2.32. The van der Waals surface area contributed by atoms with E-state index < -0.39 is 20.0 Å². The van der Waals surface area contributed by atoms with Gasteiger partial charge in [0.15, 0.2) is 0 Å². The number of nitrogens with zero attached hydrogens (tertiary/aromatic N) is 2. The standard InChI is InChI=1S/C11H18N2O4S3/c1-3-10-4-5-11(18-10)20(16,17)13-8-6-12(7-9-13)19(2,14)15/h4-5H,3,6-9H2,1-2H3. The molecule has 0 saturated carbocycles. The molecule has 0 unspecified atom stereocenters. The zero-order chi connectivity index (χ0) is 15.0. The van der Waals surface area contributed by atoms with Crippen LogP contribution in [0.3, 0.4) is 0 Å². The molecule has 1 fully saturated rings. The van der Waals surface area contributed by atoms with Gasteiger partial charge < -0.3 is 0 Å². The van der Waals surface area contributed by atoms with Gasteiger partial charge in [-0.2, -0.15) is 8.61 Å². The number of thiophene rings is 1. The molecule has 9 heteroatoms. The van der Waals surface area contributed by atoms with Crippen LogP contribution in [0.5, 0.6) is 0 Å². The number of aryl methyl sites for hydroxylation is 1. The Morgan fingerprint density at radius 3 is 2.05 bits per heavy atom. The third-order valence-electron chi connectivity index (χ3n) is 3.25. The first-order valence-corrected chi connectivity index (χ1v) is 10.4. The second-order valence-electron chi connectivity index (χ2n) is 4.64. The average molecular weight is 338 g/mol. The van der Waals surface area contributed by atoms with Crippen molar-refractivity contribution in [2.24, 2.45) is 0 Å². The van der Waals surface area contributed by atoms with E-state index in [2.05, 4.69) is 0 Å². The number of hydrogen-bond donors (Lipinski definition) is 0. The Morgan fingerprint density at radius 1 is 1.05 bits per heavy atom. The first kappa shape index (κ1) is 15.9. The van der Waals surface area contributed by atoms with E-state index in [0.717, 1.165) is 17.6 Å². The maximum atomic E-state index is 12.4. The monoisotopic (exact) mass is 338 g/mol. The van der Waals surface area contributed by atoms with E-state index >= 15 is 0 Å². The number of hydrogen-bond acceptors (Lipinski definition) is 5. The molecular formula is C11H18N2O4S3. The van der Waals surface area contributed by atoms with Gasteiger partial charge in [0, 0.05) is 31.1 Å². The molecule has 0 N–H and O–H groups in total. The van der Waals surface area contributed by atoms with Gasteiger partial charge in [-0.1, -0.05) is 6.92 Å².